The molecule has 1 fully saturated rings. The van der Waals surface area contributed by atoms with Crippen molar-refractivity contribution in [2.75, 3.05) is 12.8 Å². The Labute approximate surface area is 115 Å². The number of nitrogens with two attached hydrogens (primary N) is 2. The molecule has 1 unspecified atom stereocenters. The first kappa shape index (κ1) is 14.3. The Morgan fingerprint density at radius 3 is 2.42 bits per heavy atom. The molecule has 1 saturated carbocycles. The fraction of sp³-hybridized carbons (Fsp3) is 0.667. The van der Waals surface area contributed by atoms with Crippen LogP contribution < -0.4 is 11.5 Å². The van der Waals surface area contributed by atoms with E-state index in [1.807, 2.05) is 0 Å². The predicted molar refractivity (Wildman–Crippen MR) is 77.6 cm³/mol. The standard InChI is InChI=1S/C15H25N3O/c1-14(2)5-7-15(19-3,8-6-14)13(17)11-10-18-9-4-12(11)16/h4,9-10,13H,5-8,17H2,1-3H3,(H2,16,18). The molecule has 0 bridgehead atoms. The number of hydrogen-bond acceptors (Lipinski definition) is 4. The maximum absolute atomic E-state index is 6.46. The van der Waals surface area contributed by atoms with E-state index < -0.39 is 0 Å². The summed E-state index contributed by atoms with van der Waals surface area (Å²) in [5.41, 5.74) is 14.1. The molecule has 2 rings (SSSR count). The molecule has 0 radical (unpaired) electrons. The monoisotopic (exact) mass is 263 g/mol. The second-order valence-corrected chi connectivity index (χ2v) is 6.42. The lowest BCUT2D eigenvalue weighted by Crippen LogP contribution is -2.47. The highest BCUT2D eigenvalue weighted by atomic mass is 16.5. The number of nitrogens with zero attached hydrogens (tertiary/aromatic N) is 1. The molecular weight excluding hydrogens is 238 g/mol. The molecule has 1 atom stereocenters. The normalized spacial score (nSPS) is 22.9. The van der Waals surface area contributed by atoms with E-state index in [-0.39, 0.29) is 11.6 Å². The van der Waals surface area contributed by atoms with E-state index >= 15 is 0 Å². The van der Waals surface area contributed by atoms with Crippen molar-refractivity contribution < 1.29 is 4.74 Å². The van der Waals surface area contributed by atoms with Crippen LogP contribution in [-0.2, 0) is 4.74 Å². The average molecular weight is 263 g/mol. The first-order chi connectivity index (χ1) is 8.90. The quantitative estimate of drug-likeness (QED) is 0.879. The highest BCUT2D eigenvalue weighted by Crippen LogP contribution is 2.47. The predicted octanol–water partition coefficient (Wildman–Crippen LogP) is 2.65. The first-order valence-electron chi connectivity index (χ1n) is 6.90. The van der Waals surface area contributed by atoms with Gasteiger partial charge in [0.25, 0.3) is 0 Å². The smallest absolute Gasteiger partial charge is 0.0872 e. The lowest BCUT2D eigenvalue weighted by atomic mass is 9.67. The van der Waals surface area contributed by atoms with Crippen LogP contribution >= 0.6 is 0 Å². The zero-order valence-corrected chi connectivity index (χ0v) is 12.1. The molecule has 19 heavy (non-hydrogen) atoms. The van der Waals surface area contributed by atoms with Gasteiger partial charge in [0, 0.05) is 30.8 Å². The third-order valence-corrected chi connectivity index (χ3v) is 4.65. The van der Waals surface area contributed by atoms with Gasteiger partial charge >= 0.3 is 0 Å². The van der Waals surface area contributed by atoms with Crippen molar-refractivity contribution >= 4 is 5.69 Å². The van der Waals surface area contributed by atoms with Gasteiger partial charge in [-0.3, -0.25) is 4.98 Å². The van der Waals surface area contributed by atoms with Gasteiger partial charge in [-0.1, -0.05) is 13.8 Å². The number of methoxy groups -OCH3 is 1. The average Bonchev–Trinajstić information content (AvgIpc) is 2.39. The van der Waals surface area contributed by atoms with Crippen molar-refractivity contribution in [2.24, 2.45) is 11.1 Å². The SMILES string of the molecule is COC1(C(N)c2cnccc2N)CCC(C)(C)CC1. The number of rotatable bonds is 3. The Morgan fingerprint density at radius 1 is 1.26 bits per heavy atom. The van der Waals surface area contributed by atoms with Gasteiger partial charge in [0.1, 0.15) is 0 Å². The summed E-state index contributed by atoms with van der Waals surface area (Å²) in [6, 6.07) is 1.58. The van der Waals surface area contributed by atoms with Crippen LogP contribution in [0.25, 0.3) is 0 Å². The maximum atomic E-state index is 6.46. The van der Waals surface area contributed by atoms with Crippen molar-refractivity contribution in [3.63, 3.8) is 0 Å². The van der Waals surface area contributed by atoms with Crippen molar-refractivity contribution in [2.45, 2.75) is 51.2 Å². The number of hydrogen-bond donors (Lipinski definition) is 2. The molecule has 0 saturated heterocycles. The first-order valence-corrected chi connectivity index (χ1v) is 6.90. The summed E-state index contributed by atoms with van der Waals surface area (Å²) in [6.07, 6.45) is 7.62. The molecule has 1 heterocycles. The Morgan fingerprint density at radius 2 is 1.89 bits per heavy atom. The third kappa shape index (κ3) is 2.74. The lowest BCUT2D eigenvalue weighted by molar-refractivity contribution is -0.0793. The van der Waals surface area contributed by atoms with Gasteiger partial charge < -0.3 is 16.2 Å². The largest absolute Gasteiger partial charge is 0.398 e. The van der Waals surface area contributed by atoms with Crippen LogP contribution in [0.3, 0.4) is 0 Å². The van der Waals surface area contributed by atoms with Crippen LogP contribution in [-0.4, -0.2) is 17.7 Å². The van der Waals surface area contributed by atoms with E-state index in [4.69, 9.17) is 16.2 Å². The van der Waals surface area contributed by atoms with Crippen molar-refractivity contribution in [1.29, 1.82) is 0 Å². The summed E-state index contributed by atoms with van der Waals surface area (Å²) >= 11 is 0. The Hall–Kier alpha value is -1.13. The molecule has 1 aliphatic rings. The summed E-state index contributed by atoms with van der Waals surface area (Å²) in [4.78, 5) is 4.14. The van der Waals surface area contributed by atoms with Crippen LogP contribution in [0.4, 0.5) is 5.69 Å². The number of anilines is 1. The third-order valence-electron chi connectivity index (χ3n) is 4.65. The van der Waals surface area contributed by atoms with E-state index in [9.17, 15) is 0 Å². The van der Waals surface area contributed by atoms with E-state index in [0.29, 0.717) is 11.1 Å². The molecule has 1 aliphatic carbocycles. The van der Waals surface area contributed by atoms with E-state index in [1.54, 1.807) is 25.6 Å². The summed E-state index contributed by atoms with van der Waals surface area (Å²) < 4.78 is 5.83. The zero-order chi connectivity index (χ0) is 14.1. The van der Waals surface area contributed by atoms with Crippen molar-refractivity contribution in [1.82, 2.24) is 4.98 Å². The Balaban J connectivity index is 2.25. The molecule has 4 heteroatoms. The molecule has 0 aliphatic heterocycles. The van der Waals surface area contributed by atoms with Crippen LogP contribution in [0.1, 0.15) is 51.1 Å². The van der Waals surface area contributed by atoms with Gasteiger partial charge in [-0.2, -0.15) is 0 Å². The van der Waals surface area contributed by atoms with Gasteiger partial charge in [0.2, 0.25) is 0 Å². The van der Waals surface area contributed by atoms with Gasteiger partial charge in [0.05, 0.1) is 11.6 Å². The zero-order valence-electron chi connectivity index (χ0n) is 12.1. The molecule has 0 amide bonds. The van der Waals surface area contributed by atoms with E-state index in [2.05, 4.69) is 18.8 Å². The Kier molecular flexibility index (Phi) is 3.83. The summed E-state index contributed by atoms with van der Waals surface area (Å²) in [5, 5.41) is 0. The molecule has 4 nitrogen and oxygen atoms in total. The molecule has 0 spiro atoms. The van der Waals surface area contributed by atoms with E-state index in [0.717, 1.165) is 31.2 Å². The van der Waals surface area contributed by atoms with Gasteiger partial charge in [-0.15, -0.1) is 0 Å². The summed E-state index contributed by atoms with van der Waals surface area (Å²) in [6.45, 7) is 4.60. The highest BCUT2D eigenvalue weighted by Gasteiger charge is 2.43. The van der Waals surface area contributed by atoms with Crippen molar-refractivity contribution in [3.8, 4) is 0 Å². The Bertz CT molecular complexity index is 435. The van der Waals surface area contributed by atoms with Crippen LogP contribution in [0.2, 0.25) is 0 Å². The number of pyridine rings is 1. The van der Waals surface area contributed by atoms with Crippen molar-refractivity contribution in [3.05, 3.63) is 24.0 Å². The maximum Gasteiger partial charge on any atom is 0.0872 e. The second-order valence-electron chi connectivity index (χ2n) is 6.42. The minimum atomic E-state index is -0.313. The molecule has 4 N–H and O–H groups in total. The fourth-order valence-corrected chi connectivity index (χ4v) is 2.95. The fourth-order valence-electron chi connectivity index (χ4n) is 2.95. The van der Waals surface area contributed by atoms with Gasteiger partial charge in [0.15, 0.2) is 0 Å². The molecular formula is C15H25N3O. The van der Waals surface area contributed by atoms with Gasteiger partial charge in [-0.05, 0) is 37.2 Å². The molecule has 1 aromatic heterocycles. The summed E-state index contributed by atoms with van der Waals surface area (Å²) in [7, 11) is 1.75. The van der Waals surface area contributed by atoms with Crippen LogP contribution in [0, 0.1) is 5.41 Å². The van der Waals surface area contributed by atoms with E-state index in [1.165, 1.54) is 0 Å². The minimum Gasteiger partial charge on any atom is -0.398 e. The lowest BCUT2D eigenvalue weighted by Gasteiger charge is -2.46. The van der Waals surface area contributed by atoms with Crippen LogP contribution in [0.5, 0.6) is 0 Å². The topological polar surface area (TPSA) is 74.2 Å². The second kappa shape index (κ2) is 5.10. The number of nitrogen functional groups attached to an aromatic ring is 1. The number of aromatic nitrogens is 1. The van der Waals surface area contributed by atoms with Gasteiger partial charge in [-0.25, -0.2) is 0 Å². The molecule has 106 valence electrons. The van der Waals surface area contributed by atoms with Crippen LogP contribution in [0.15, 0.2) is 18.5 Å². The highest BCUT2D eigenvalue weighted by molar-refractivity contribution is 5.47. The molecule has 0 aromatic carbocycles. The number of ether oxygens (including phenoxy) is 1. The molecule has 1 aromatic rings. The summed E-state index contributed by atoms with van der Waals surface area (Å²) in [5.74, 6) is 0. The minimum absolute atomic E-state index is 0.220.